The Hall–Kier alpha value is -0.870. The first kappa shape index (κ1) is 12.2. The number of aliphatic imine (C=N–C) groups is 1. The topological polar surface area (TPSA) is 41.6 Å². The first-order chi connectivity index (χ1) is 8.61. The van der Waals surface area contributed by atoms with E-state index in [-0.39, 0.29) is 5.54 Å². The van der Waals surface area contributed by atoms with Gasteiger partial charge < -0.3 is 10.6 Å². The van der Waals surface area contributed by atoms with Gasteiger partial charge in [0.15, 0.2) is 5.96 Å². The molecule has 0 aliphatic carbocycles. The Labute approximate surface area is 116 Å². The van der Waals surface area contributed by atoms with Gasteiger partial charge in [-0.2, -0.15) is 11.8 Å². The first-order valence-electron chi connectivity index (χ1n) is 6.08. The fourth-order valence-corrected chi connectivity index (χ4v) is 4.40. The molecular weight excluding hydrogens is 266 g/mol. The normalized spacial score (nSPS) is 31.1. The predicted molar refractivity (Wildman–Crippen MR) is 79.7 cm³/mol. The average Bonchev–Trinajstić information content (AvgIpc) is 2.84. The molecule has 2 aliphatic heterocycles. The molecule has 0 radical (unpaired) electrons. The van der Waals surface area contributed by atoms with Gasteiger partial charge in [-0.25, -0.2) is 0 Å². The molecule has 3 nitrogen and oxygen atoms in total. The van der Waals surface area contributed by atoms with Crippen LogP contribution in [0.4, 0.5) is 5.69 Å². The van der Waals surface area contributed by atoms with E-state index in [1.807, 2.05) is 30.0 Å². The van der Waals surface area contributed by atoms with Crippen LogP contribution in [0.1, 0.15) is 13.3 Å². The molecule has 0 amide bonds. The minimum Gasteiger partial charge on any atom is -0.369 e. The third kappa shape index (κ3) is 1.88. The monoisotopic (exact) mass is 281 g/mol. The van der Waals surface area contributed by atoms with E-state index in [1.165, 1.54) is 0 Å². The van der Waals surface area contributed by atoms with Gasteiger partial charge in [0, 0.05) is 21.7 Å². The summed E-state index contributed by atoms with van der Waals surface area (Å²) in [6, 6.07) is 7.86. The van der Waals surface area contributed by atoms with Crippen molar-refractivity contribution in [1.29, 1.82) is 0 Å². The van der Waals surface area contributed by atoms with Crippen LogP contribution < -0.4 is 10.6 Å². The molecule has 2 N–H and O–H groups in total. The number of thioether (sulfide) groups is 1. The number of rotatable bonds is 1. The molecule has 1 aromatic carbocycles. The maximum absolute atomic E-state index is 6.08. The molecule has 2 atom stereocenters. The Kier molecular flexibility index (Phi) is 2.94. The molecule has 5 heteroatoms. The smallest absolute Gasteiger partial charge is 0.196 e. The minimum absolute atomic E-state index is 0.0544. The highest BCUT2D eigenvalue weighted by Gasteiger charge is 2.47. The molecule has 2 aliphatic rings. The lowest BCUT2D eigenvalue weighted by molar-refractivity contribution is 0.493. The molecule has 0 bridgehead atoms. The van der Waals surface area contributed by atoms with Gasteiger partial charge in [0.1, 0.15) is 0 Å². The Bertz CT molecular complexity index is 505. The molecule has 1 aromatic rings. The lowest BCUT2D eigenvalue weighted by atomic mass is 9.94. The number of guanidine groups is 1. The minimum atomic E-state index is 0.0544. The fourth-order valence-electron chi connectivity index (χ4n) is 2.85. The van der Waals surface area contributed by atoms with Gasteiger partial charge in [0.25, 0.3) is 0 Å². The van der Waals surface area contributed by atoms with E-state index in [2.05, 4.69) is 22.9 Å². The highest BCUT2D eigenvalue weighted by molar-refractivity contribution is 8.00. The second-order valence-corrected chi connectivity index (χ2v) is 6.90. The van der Waals surface area contributed by atoms with Crippen molar-refractivity contribution in [3.8, 4) is 0 Å². The molecule has 1 spiro atoms. The maximum Gasteiger partial charge on any atom is 0.196 e. The van der Waals surface area contributed by atoms with Crippen molar-refractivity contribution in [3.63, 3.8) is 0 Å². The third-order valence-corrected chi connectivity index (χ3v) is 5.28. The van der Waals surface area contributed by atoms with Crippen LogP contribution in [0.15, 0.2) is 29.3 Å². The summed E-state index contributed by atoms with van der Waals surface area (Å²) >= 11 is 8.08. The molecule has 96 valence electrons. The molecule has 0 saturated carbocycles. The van der Waals surface area contributed by atoms with Crippen LogP contribution in [0.5, 0.6) is 0 Å². The zero-order chi connectivity index (χ0) is 12.8. The van der Waals surface area contributed by atoms with Crippen molar-refractivity contribution in [2.45, 2.75) is 24.1 Å². The van der Waals surface area contributed by atoms with Gasteiger partial charge in [-0.05, 0) is 24.6 Å². The van der Waals surface area contributed by atoms with Crippen LogP contribution in [-0.4, -0.2) is 29.0 Å². The van der Waals surface area contributed by atoms with Crippen molar-refractivity contribution < 1.29 is 0 Å². The zero-order valence-corrected chi connectivity index (χ0v) is 11.8. The summed E-state index contributed by atoms with van der Waals surface area (Å²) in [5.41, 5.74) is 7.19. The molecule has 2 heterocycles. The second kappa shape index (κ2) is 4.35. The van der Waals surface area contributed by atoms with Gasteiger partial charge in [-0.1, -0.05) is 24.6 Å². The van der Waals surface area contributed by atoms with E-state index in [1.54, 1.807) is 0 Å². The van der Waals surface area contributed by atoms with Gasteiger partial charge in [-0.3, -0.25) is 4.99 Å². The highest BCUT2D eigenvalue weighted by Crippen LogP contribution is 2.43. The van der Waals surface area contributed by atoms with Crippen molar-refractivity contribution in [2.24, 2.45) is 10.7 Å². The Morgan fingerprint density at radius 1 is 1.56 bits per heavy atom. The van der Waals surface area contributed by atoms with Gasteiger partial charge in [-0.15, -0.1) is 0 Å². The number of nitrogens with two attached hydrogens (primary N) is 1. The van der Waals surface area contributed by atoms with Crippen molar-refractivity contribution in [3.05, 3.63) is 29.3 Å². The average molecular weight is 282 g/mol. The van der Waals surface area contributed by atoms with Crippen LogP contribution in [0.2, 0.25) is 5.02 Å². The number of hydrogen-bond donors (Lipinski definition) is 1. The quantitative estimate of drug-likeness (QED) is 0.861. The third-order valence-electron chi connectivity index (χ3n) is 3.61. The number of hydrogen-bond acceptors (Lipinski definition) is 4. The van der Waals surface area contributed by atoms with Crippen LogP contribution in [0, 0.1) is 0 Å². The molecule has 18 heavy (non-hydrogen) atoms. The largest absolute Gasteiger partial charge is 0.369 e. The van der Waals surface area contributed by atoms with E-state index in [0.29, 0.717) is 11.2 Å². The summed E-state index contributed by atoms with van der Waals surface area (Å²) in [7, 11) is 0. The van der Waals surface area contributed by atoms with E-state index in [9.17, 15) is 0 Å². The number of benzene rings is 1. The summed E-state index contributed by atoms with van der Waals surface area (Å²) in [6.45, 7) is 3.06. The molecular formula is C13H16ClN3S. The summed E-state index contributed by atoms with van der Waals surface area (Å²) in [5.74, 6) is 1.69. The Morgan fingerprint density at radius 2 is 2.39 bits per heavy atom. The van der Waals surface area contributed by atoms with Gasteiger partial charge >= 0.3 is 0 Å². The van der Waals surface area contributed by atoms with Crippen molar-refractivity contribution in [1.82, 2.24) is 0 Å². The zero-order valence-electron chi connectivity index (χ0n) is 10.3. The molecule has 3 rings (SSSR count). The molecule has 2 unspecified atom stereocenters. The summed E-state index contributed by atoms with van der Waals surface area (Å²) < 4.78 is 0. The molecule has 1 fully saturated rings. The van der Waals surface area contributed by atoms with Crippen LogP contribution >= 0.6 is 23.4 Å². The molecule has 0 aromatic heterocycles. The fraction of sp³-hybridized carbons (Fsp3) is 0.462. The highest BCUT2D eigenvalue weighted by atomic mass is 35.5. The summed E-state index contributed by atoms with van der Waals surface area (Å²) in [5, 5.41) is 1.40. The van der Waals surface area contributed by atoms with Crippen molar-refractivity contribution >= 4 is 35.0 Å². The van der Waals surface area contributed by atoms with Crippen LogP contribution in [0.25, 0.3) is 0 Å². The summed E-state index contributed by atoms with van der Waals surface area (Å²) in [4.78, 5) is 6.63. The Morgan fingerprint density at radius 3 is 3.06 bits per heavy atom. The van der Waals surface area contributed by atoms with Crippen LogP contribution in [0.3, 0.4) is 0 Å². The van der Waals surface area contributed by atoms with E-state index in [4.69, 9.17) is 17.3 Å². The van der Waals surface area contributed by atoms with Crippen LogP contribution in [-0.2, 0) is 0 Å². The Balaban J connectivity index is 2.00. The predicted octanol–water partition coefficient (Wildman–Crippen LogP) is 2.74. The lowest BCUT2D eigenvalue weighted by Crippen LogP contribution is -2.52. The lowest BCUT2D eigenvalue weighted by Gasteiger charge is -2.35. The maximum atomic E-state index is 6.08. The number of nitrogens with zero attached hydrogens (tertiary/aromatic N) is 2. The van der Waals surface area contributed by atoms with Gasteiger partial charge in [0.2, 0.25) is 0 Å². The first-order valence-corrected chi connectivity index (χ1v) is 7.51. The van der Waals surface area contributed by atoms with E-state index < -0.39 is 0 Å². The van der Waals surface area contributed by atoms with E-state index in [0.717, 1.165) is 29.4 Å². The number of anilines is 1. The standard InChI is InChI=1S/C13H16ClN3S/c1-9-6-13(8-18-9)7-16-12(15)17(13)11-4-2-3-10(14)5-11/h2-5,9H,6-8H2,1H3,(H2,15,16). The molecule has 1 saturated heterocycles. The second-order valence-electron chi connectivity index (χ2n) is 5.04. The number of halogens is 1. The SMILES string of the molecule is CC1CC2(CN=C(N)N2c2cccc(Cl)c2)CS1. The summed E-state index contributed by atoms with van der Waals surface area (Å²) in [6.07, 6.45) is 1.12. The van der Waals surface area contributed by atoms with E-state index >= 15 is 0 Å². The van der Waals surface area contributed by atoms with Gasteiger partial charge in [0.05, 0.1) is 12.1 Å². The van der Waals surface area contributed by atoms with Crippen molar-refractivity contribution in [2.75, 3.05) is 17.2 Å².